The molecule has 0 aliphatic rings. The summed E-state index contributed by atoms with van der Waals surface area (Å²) in [5.74, 6) is 4.05. The second kappa shape index (κ2) is 11.4. The average Bonchev–Trinajstić information content (AvgIpc) is 2.61. The molecule has 0 spiro atoms. The Bertz CT molecular complexity index is 653. The Morgan fingerprint density at radius 3 is 2.50 bits per heavy atom. The lowest BCUT2D eigenvalue weighted by Gasteiger charge is -2.23. The number of halogens is 3. The summed E-state index contributed by atoms with van der Waals surface area (Å²) in [5, 5.41) is 0. The molecule has 1 aromatic rings. The molecule has 142 valence electrons. The molecular formula is C21H26F3NO. The number of benzene rings is 1. The average molecular weight is 365 g/mol. The van der Waals surface area contributed by atoms with Crippen LogP contribution in [0.5, 0.6) is 0 Å². The van der Waals surface area contributed by atoms with Crippen molar-refractivity contribution >= 4 is 11.6 Å². The van der Waals surface area contributed by atoms with Gasteiger partial charge in [0.2, 0.25) is 0 Å². The summed E-state index contributed by atoms with van der Waals surface area (Å²) in [6.45, 7) is 3.94. The van der Waals surface area contributed by atoms with Gasteiger partial charge in [-0.25, -0.2) is 0 Å². The SMILES string of the molecule is CCCC=CCN(C(=O)C(F)(F)F)c1ccccc1C#CCCCCC. The molecule has 0 atom stereocenters. The smallest absolute Gasteiger partial charge is 0.300 e. The van der Waals surface area contributed by atoms with Crippen molar-refractivity contribution in [3.63, 3.8) is 0 Å². The highest BCUT2D eigenvalue weighted by Gasteiger charge is 2.43. The zero-order valence-corrected chi connectivity index (χ0v) is 15.4. The lowest BCUT2D eigenvalue weighted by Crippen LogP contribution is -2.41. The molecule has 26 heavy (non-hydrogen) atoms. The van der Waals surface area contributed by atoms with E-state index in [-0.39, 0.29) is 12.2 Å². The Kier molecular flexibility index (Phi) is 9.57. The lowest BCUT2D eigenvalue weighted by atomic mass is 10.1. The minimum Gasteiger partial charge on any atom is -0.300 e. The number of nitrogens with zero attached hydrogens (tertiary/aromatic N) is 1. The van der Waals surface area contributed by atoms with Gasteiger partial charge < -0.3 is 0 Å². The van der Waals surface area contributed by atoms with E-state index in [4.69, 9.17) is 0 Å². The highest BCUT2D eigenvalue weighted by atomic mass is 19.4. The number of unbranched alkanes of at least 4 members (excludes halogenated alkanes) is 4. The first-order valence-corrected chi connectivity index (χ1v) is 9.03. The van der Waals surface area contributed by atoms with Gasteiger partial charge in [0, 0.05) is 18.5 Å². The summed E-state index contributed by atoms with van der Waals surface area (Å²) in [6, 6.07) is 6.48. The normalized spacial score (nSPS) is 11.3. The fourth-order valence-electron chi connectivity index (χ4n) is 2.34. The fourth-order valence-corrected chi connectivity index (χ4v) is 2.34. The van der Waals surface area contributed by atoms with Crippen molar-refractivity contribution in [2.75, 3.05) is 11.4 Å². The maximum atomic E-state index is 13.0. The topological polar surface area (TPSA) is 20.3 Å². The monoisotopic (exact) mass is 365 g/mol. The second-order valence-electron chi connectivity index (χ2n) is 5.95. The van der Waals surface area contributed by atoms with Crippen LogP contribution in [0.1, 0.15) is 57.9 Å². The number of rotatable bonds is 8. The highest BCUT2D eigenvalue weighted by molar-refractivity contribution is 5.98. The minimum atomic E-state index is -4.93. The molecule has 0 N–H and O–H groups in total. The summed E-state index contributed by atoms with van der Waals surface area (Å²) in [7, 11) is 0. The van der Waals surface area contributed by atoms with E-state index in [0.717, 1.165) is 37.0 Å². The molecule has 0 unspecified atom stereocenters. The Morgan fingerprint density at radius 2 is 1.85 bits per heavy atom. The molecule has 0 bridgehead atoms. The minimum absolute atomic E-state index is 0.132. The third kappa shape index (κ3) is 7.35. The standard InChI is InChI=1S/C21H26F3NO/c1-3-5-7-9-10-14-18-15-11-12-16-19(18)25(17-13-8-6-4-2)20(26)21(22,23)24/h8,11-13,15-16H,3-7,9,17H2,1-2H3. The van der Waals surface area contributed by atoms with Crippen LogP contribution in [0.2, 0.25) is 0 Å². The highest BCUT2D eigenvalue weighted by Crippen LogP contribution is 2.26. The van der Waals surface area contributed by atoms with Crippen LogP contribution < -0.4 is 4.90 Å². The van der Waals surface area contributed by atoms with E-state index in [0.29, 0.717) is 12.0 Å². The Hall–Kier alpha value is -2.22. The molecule has 0 aliphatic heterocycles. The van der Waals surface area contributed by atoms with Gasteiger partial charge in [0.1, 0.15) is 0 Å². The number of para-hydroxylation sites is 1. The largest absolute Gasteiger partial charge is 0.471 e. The molecule has 5 heteroatoms. The first kappa shape index (κ1) is 21.8. The van der Waals surface area contributed by atoms with Gasteiger partial charge in [0.25, 0.3) is 0 Å². The molecule has 1 aromatic carbocycles. The van der Waals surface area contributed by atoms with Gasteiger partial charge in [-0.15, -0.1) is 0 Å². The third-order valence-electron chi connectivity index (χ3n) is 3.72. The molecule has 0 aliphatic carbocycles. The summed E-state index contributed by atoms with van der Waals surface area (Å²) in [4.78, 5) is 12.7. The number of amides is 1. The quantitative estimate of drug-likeness (QED) is 0.320. The van der Waals surface area contributed by atoms with Crippen LogP contribution in [-0.4, -0.2) is 18.6 Å². The van der Waals surface area contributed by atoms with Gasteiger partial charge in [-0.2, -0.15) is 13.2 Å². The van der Waals surface area contributed by atoms with Crippen LogP contribution in [0.3, 0.4) is 0 Å². The Morgan fingerprint density at radius 1 is 1.12 bits per heavy atom. The van der Waals surface area contributed by atoms with Gasteiger partial charge in [0.05, 0.1) is 5.69 Å². The number of alkyl halides is 3. The Balaban J connectivity index is 3.10. The van der Waals surface area contributed by atoms with Crippen LogP contribution >= 0.6 is 0 Å². The van der Waals surface area contributed by atoms with Gasteiger partial charge in [0.15, 0.2) is 0 Å². The van der Waals surface area contributed by atoms with Gasteiger partial charge in [-0.3, -0.25) is 9.69 Å². The summed E-state index contributed by atoms with van der Waals surface area (Å²) in [5.41, 5.74) is 0.629. The predicted molar refractivity (Wildman–Crippen MR) is 99.9 cm³/mol. The zero-order chi connectivity index (χ0) is 19.4. The number of hydrogen-bond acceptors (Lipinski definition) is 1. The molecule has 2 nitrogen and oxygen atoms in total. The third-order valence-corrected chi connectivity index (χ3v) is 3.72. The van der Waals surface area contributed by atoms with Crippen LogP contribution in [0.25, 0.3) is 0 Å². The first-order chi connectivity index (χ1) is 12.4. The van der Waals surface area contributed by atoms with E-state index in [2.05, 4.69) is 18.8 Å². The molecule has 0 fully saturated rings. The summed E-state index contributed by atoms with van der Waals surface area (Å²) < 4.78 is 39.1. The molecule has 0 heterocycles. The van der Waals surface area contributed by atoms with E-state index in [1.165, 1.54) is 6.07 Å². The van der Waals surface area contributed by atoms with Crippen LogP contribution in [0, 0.1) is 11.8 Å². The molecule has 1 rings (SSSR count). The molecule has 1 amide bonds. The van der Waals surface area contributed by atoms with Crippen molar-refractivity contribution in [2.24, 2.45) is 0 Å². The summed E-state index contributed by atoms with van der Waals surface area (Å²) in [6.07, 6.45) is 3.89. The van der Waals surface area contributed by atoms with E-state index < -0.39 is 12.1 Å². The van der Waals surface area contributed by atoms with Crippen molar-refractivity contribution in [1.29, 1.82) is 0 Å². The molecule has 0 saturated carbocycles. The maximum absolute atomic E-state index is 13.0. The van der Waals surface area contributed by atoms with Crippen molar-refractivity contribution in [2.45, 2.75) is 58.5 Å². The lowest BCUT2D eigenvalue weighted by molar-refractivity contribution is -0.170. The molecule has 0 saturated heterocycles. The van der Waals surface area contributed by atoms with Gasteiger partial charge >= 0.3 is 12.1 Å². The fraction of sp³-hybridized carbons (Fsp3) is 0.476. The Labute approximate surface area is 154 Å². The first-order valence-electron chi connectivity index (χ1n) is 9.03. The van der Waals surface area contributed by atoms with Gasteiger partial charge in [-0.1, -0.05) is 69.2 Å². The number of carbonyl (C=O) groups is 1. The van der Waals surface area contributed by atoms with Crippen LogP contribution in [-0.2, 0) is 4.79 Å². The second-order valence-corrected chi connectivity index (χ2v) is 5.95. The van der Waals surface area contributed by atoms with E-state index in [1.54, 1.807) is 30.4 Å². The number of allylic oxidation sites excluding steroid dienone is 1. The predicted octanol–water partition coefficient (Wildman–Crippen LogP) is 5.87. The molecule has 0 aromatic heterocycles. The number of hydrogen-bond donors (Lipinski definition) is 0. The van der Waals surface area contributed by atoms with Gasteiger partial charge in [-0.05, 0) is 25.0 Å². The van der Waals surface area contributed by atoms with Crippen molar-refractivity contribution < 1.29 is 18.0 Å². The van der Waals surface area contributed by atoms with Crippen molar-refractivity contribution in [3.05, 3.63) is 42.0 Å². The molecule has 0 radical (unpaired) electrons. The number of carbonyl (C=O) groups excluding carboxylic acids is 1. The van der Waals surface area contributed by atoms with Crippen LogP contribution in [0.15, 0.2) is 36.4 Å². The van der Waals surface area contributed by atoms with Crippen molar-refractivity contribution in [3.8, 4) is 11.8 Å². The van der Waals surface area contributed by atoms with Crippen molar-refractivity contribution in [1.82, 2.24) is 0 Å². The van der Waals surface area contributed by atoms with Crippen LogP contribution in [0.4, 0.5) is 18.9 Å². The zero-order valence-electron chi connectivity index (χ0n) is 15.4. The summed E-state index contributed by atoms with van der Waals surface area (Å²) >= 11 is 0. The number of anilines is 1. The van der Waals surface area contributed by atoms with E-state index in [9.17, 15) is 18.0 Å². The van der Waals surface area contributed by atoms with E-state index in [1.807, 2.05) is 6.92 Å². The molecular weight excluding hydrogens is 339 g/mol. The van der Waals surface area contributed by atoms with E-state index >= 15 is 0 Å². The maximum Gasteiger partial charge on any atom is 0.471 e.